The number of rotatable bonds is 2. The lowest BCUT2D eigenvalue weighted by atomic mass is 9.99. The first kappa shape index (κ1) is 10.6. The lowest BCUT2D eigenvalue weighted by Gasteiger charge is -2.17. The van der Waals surface area contributed by atoms with Crippen molar-refractivity contribution >= 4 is 10.0 Å². The second-order valence-corrected chi connectivity index (χ2v) is 5.45. The number of sulfonamides is 1. The van der Waals surface area contributed by atoms with Crippen molar-refractivity contribution in [1.82, 2.24) is 5.32 Å². The zero-order valence-corrected chi connectivity index (χ0v) is 9.18. The summed E-state index contributed by atoms with van der Waals surface area (Å²) in [5, 5.41) is 8.25. The van der Waals surface area contributed by atoms with Gasteiger partial charge in [0.1, 0.15) is 0 Å². The lowest BCUT2D eigenvalue weighted by Crippen LogP contribution is -2.24. The molecule has 5 heteroatoms. The molecule has 0 atom stereocenters. The largest absolute Gasteiger partial charge is 0.312 e. The summed E-state index contributed by atoms with van der Waals surface area (Å²) < 4.78 is 21.9. The molecule has 0 saturated heterocycles. The molecule has 0 bridgehead atoms. The maximum Gasteiger partial charge on any atom is 0.213 e. The zero-order valence-electron chi connectivity index (χ0n) is 8.36. The Hall–Kier alpha value is -0.910. The summed E-state index contributed by atoms with van der Waals surface area (Å²) in [4.78, 5) is 0. The molecule has 4 nitrogen and oxygen atoms in total. The summed E-state index contributed by atoms with van der Waals surface area (Å²) in [6.07, 6.45) is 1.00. The van der Waals surface area contributed by atoms with Gasteiger partial charge in [-0.15, -0.1) is 0 Å². The molecule has 15 heavy (non-hydrogen) atoms. The molecular formula is C10H14N2O2S. The third-order valence-electron chi connectivity index (χ3n) is 2.53. The van der Waals surface area contributed by atoms with E-state index in [1.807, 2.05) is 18.2 Å². The van der Waals surface area contributed by atoms with Crippen LogP contribution in [-0.2, 0) is 28.7 Å². The Morgan fingerprint density at radius 3 is 2.87 bits per heavy atom. The lowest BCUT2D eigenvalue weighted by molar-refractivity contribution is 0.596. The molecule has 0 aliphatic carbocycles. The van der Waals surface area contributed by atoms with Crippen LogP contribution >= 0.6 is 0 Å². The summed E-state index contributed by atoms with van der Waals surface area (Å²) in [5.74, 6) is -0.0831. The van der Waals surface area contributed by atoms with Gasteiger partial charge in [-0.3, -0.25) is 0 Å². The Morgan fingerprint density at radius 1 is 1.33 bits per heavy atom. The Morgan fingerprint density at radius 2 is 2.13 bits per heavy atom. The summed E-state index contributed by atoms with van der Waals surface area (Å²) >= 11 is 0. The fourth-order valence-corrected chi connectivity index (χ4v) is 2.50. The maximum atomic E-state index is 10.9. The standard InChI is InChI=1S/C10H14N2O2S/c11-15(13,14)7-8-1-2-9-3-4-12-6-10(9)5-8/h1-2,5,12H,3-4,6-7H2,(H2,11,13,14). The number of hydrogen-bond acceptors (Lipinski definition) is 3. The first-order valence-electron chi connectivity index (χ1n) is 4.86. The third kappa shape index (κ3) is 2.77. The van der Waals surface area contributed by atoms with E-state index in [4.69, 9.17) is 5.14 Å². The van der Waals surface area contributed by atoms with Gasteiger partial charge in [-0.2, -0.15) is 0 Å². The summed E-state index contributed by atoms with van der Waals surface area (Å²) in [6, 6.07) is 5.76. The number of nitrogens with two attached hydrogens (primary N) is 1. The minimum atomic E-state index is -3.42. The highest BCUT2D eigenvalue weighted by molar-refractivity contribution is 7.88. The van der Waals surface area contributed by atoms with Crippen molar-refractivity contribution in [2.24, 2.45) is 5.14 Å². The van der Waals surface area contributed by atoms with Crippen LogP contribution in [0.3, 0.4) is 0 Å². The fourth-order valence-electron chi connectivity index (χ4n) is 1.86. The minimum Gasteiger partial charge on any atom is -0.312 e. The normalized spacial score (nSPS) is 16.1. The highest BCUT2D eigenvalue weighted by Gasteiger charge is 2.11. The van der Waals surface area contributed by atoms with Crippen molar-refractivity contribution in [1.29, 1.82) is 0 Å². The van der Waals surface area contributed by atoms with Gasteiger partial charge in [0, 0.05) is 6.54 Å². The van der Waals surface area contributed by atoms with Crippen LogP contribution in [0.2, 0.25) is 0 Å². The monoisotopic (exact) mass is 226 g/mol. The van der Waals surface area contributed by atoms with Gasteiger partial charge in [0.2, 0.25) is 10.0 Å². The van der Waals surface area contributed by atoms with Crippen LogP contribution in [0.1, 0.15) is 16.7 Å². The molecule has 3 N–H and O–H groups in total. The van der Waals surface area contributed by atoms with Crippen molar-refractivity contribution in [2.75, 3.05) is 6.54 Å². The van der Waals surface area contributed by atoms with E-state index in [0.717, 1.165) is 25.1 Å². The van der Waals surface area contributed by atoms with Gasteiger partial charge in [-0.25, -0.2) is 13.6 Å². The predicted octanol–water partition coefficient (Wildman–Crippen LogP) is 0.121. The van der Waals surface area contributed by atoms with E-state index in [2.05, 4.69) is 5.32 Å². The van der Waals surface area contributed by atoms with Gasteiger partial charge >= 0.3 is 0 Å². The Bertz CT molecular complexity index is 468. The SMILES string of the molecule is NS(=O)(=O)Cc1ccc2c(c1)CNCC2. The van der Waals surface area contributed by atoms with E-state index in [9.17, 15) is 8.42 Å². The first-order valence-corrected chi connectivity index (χ1v) is 6.58. The van der Waals surface area contributed by atoms with Crippen LogP contribution in [0.5, 0.6) is 0 Å². The van der Waals surface area contributed by atoms with E-state index in [-0.39, 0.29) is 5.75 Å². The molecule has 1 aliphatic rings. The van der Waals surface area contributed by atoms with Gasteiger partial charge in [0.05, 0.1) is 5.75 Å². The van der Waals surface area contributed by atoms with Crippen LogP contribution < -0.4 is 10.5 Å². The fraction of sp³-hybridized carbons (Fsp3) is 0.400. The quantitative estimate of drug-likeness (QED) is 0.752. The molecule has 0 aromatic heterocycles. The number of nitrogens with one attached hydrogen (secondary N) is 1. The van der Waals surface area contributed by atoms with Crippen LogP contribution in [-0.4, -0.2) is 15.0 Å². The Balaban J connectivity index is 2.28. The highest BCUT2D eigenvalue weighted by Crippen LogP contribution is 2.16. The second-order valence-electron chi connectivity index (χ2n) is 3.84. The van der Waals surface area contributed by atoms with Crippen molar-refractivity contribution in [3.8, 4) is 0 Å². The van der Waals surface area contributed by atoms with E-state index < -0.39 is 10.0 Å². The number of fused-ring (bicyclic) bond motifs is 1. The molecular weight excluding hydrogens is 212 g/mol. The molecule has 1 aromatic carbocycles. The molecule has 0 saturated carbocycles. The number of benzene rings is 1. The molecule has 82 valence electrons. The molecule has 0 radical (unpaired) electrons. The predicted molar refractivity (Wildman–Crippen MR) is 58.7 cm³/mol. The molecule has 2 rings (SSSR count). The van der Waals surface area contributed by atoms with E-state index in [0.29, 0.717) is 0 Å². The van der Waals surface area contributed by atoms with Crippen LogP contribution in [0.25, 0.3) is 0 Å². The topological polar surface area (TPSA) is 72.2 Å². The molecule has 1 heterocycles. The van der Waals surface area contributed by atoms with Gasteiger partial charge in [0.25, 0.3) is 0 Å². The van der Waals surface area contributed by atoms with Crippen molar-refractivity contribution in [3.63, 3.8) is 0 Å². The third-order valence-corrected chi connectivity index (χ3v) is 3.26. The van der Waals surface area contributed by atoms with Gasteiger partial charge < -0.3 is 5.32 Å². The van der Waals surface area contributed by atoms with Crippen LogP contribution in [0, 0.1) is 0 Å². The van der Waals surface area contributed by atoms with Gasteiger partial charge in [-0.1, -0.05) is 18.2 Å². The summed E-state index contributed by atoms with van der Waals surface area (Å²) in [5.41, 5.74) is 3.24. The minimum absolute atomic E-state index is 0.0831. The van der Waals surface area contributed by atoms with Crippen LogP contribution in [0.15, 0.2) is 18.2 Å². The van der Waals surface area contributed by atoms with Crippen molar-refractivity contribution in [3.05, 3.63) is 34.9 Å². The van der Waals surface area contributed by atoms with E-state index in [1.54, 1.807) is 0 Å². The average molecular weight is 226 g/mol. The number of primary sulfonamides is 1. The van der Waals surface area contributed by atoms with Crippen molar-refractivity contribution in [2.45, 2.75) is 18.7 Å². The van der Waals surface area contributed by atoms with Crippen molar-refractivity contribution < 1.29 is 8.42 Å². The molecule has 1 aromatic rings. The highest BCUT2D eigenvalue weighted by atomic mass is 32.2. The summed E-state index contributed by atoms with van der Waals surface area (Å²) in [6.45, 7) is 1.80. The zero-order chi connectivity index (χ0) is 10.9. The van der Waals surface area contributed by atoms with Gasteiger partial charge in [-0.05, 0) is 29.7 Å². The maximum absolute atomic E-state index is 10.9. The van der Waals surface area contributed by atoms with Gasteiger partial charge in [0.15, 0.2) is 0 Å². The van der Waals surface area contributed by atoms with Crippen LogP contribution in [0.4, 0.5) is 0 Å². The molecule has 0 spiro atoms. The smallest absolute Gasteiger partial charge is 0.213 e. The molecule has 0 unspecified atom stereocenters. The Kier molecular flexibility index (Phi) is 2.77. The molecule has 0 amide bonds. The van der Waals surface area contributed by atoms with E-state index in [1.165, 1.54) is 11.1 Å². The van der Waals surface area contributed by atoms with E-state index >= 15 is 0 Å². The first-order chi connectivity index (χ1) is 7.04. The molecule has 0 fully saturated rings. The second kappa shape index (κ2) is 3.92. The number of hydrogen-bond donors (Lipinski definition) is 2. The summed E-state index contributed by atoms with van der Waals surface area (Å²) in [7, 11) is -3.42. The average Bonchev–Trinajstić information content (AvgIpc) is 2.15. The Labute approximate surface area is 89.5 Å². The molecule has 1 aliphatic heterocycles.